The molecule has 1 N–H and O–H groups in total. The van der Waals surface area contributed by atoms with Crippen LogP contribution in [0.3, 0.4) is 0 Å². The Kier molecular flexibility index (Phi) is 6.00. The molecule has 0 aromatic heterocycles. The van der Waals surface area contributed by atoms with Gasteiger partial charge in [0, 0.05) is 26.1 Å². The molecule has 3 amide bonds. The number of esters is 1. The summed E-state index contributed by atoms with van der Waals surface area (Å²) in [6.45, 7) is 1.85. The van der Waals surface area contributed by atoms with Crippen molar-refractivity contribution in [3.63, 3.8) is 0 Å². The van der Waals surface area contributed by atoms with E-state index in [1.807, 2.05) is 0 Å². The first-order valence-electron chi connectivity index (χ1n) is 9.21. The fourth-order valence-electron chi connectivity index (χ4n) is 3.66. The quantitative estimate of drug-likeness (QED) is 0.756. The largest absolute Gasteiger partial charge is 0.467 e. The second kappa shape index (κ2) is 8.46. The number of nitrogens with one attached hydrogen (secondary N) is 1. The molecule has 156 valence electrons. The maximum absolute atomic E-state index is 13.7. The van der Waals surface area contributed by atoms with E-state index in [1.165, 1.54) is 36.0 Å². The smallest absolute Gasteiger partial charge is 0.410 e. The van der Waals surface area contributed by atoms with Gasteiger partial charge in [0.1, 0.15) is 12.4 Å². The van der Waals surface area contributed by atoms with Crippen LogP contribution in [-0.2, 0) is 19.1 Å². The Morgan fingerprint density at radius 3 is 2.55 bits per heavy atom. The van der Waals surface area contributed by atoms with E-state index < -0.39 is 29.8 Å². The number of benzene rings is 1. The number of hydrogen-bond acceptors (Lipinski definition) is 6. The van der Waals surface area contributed by atoms with E-state index >= 15 is 0 Å². The van der Waals surface area contributed by atoms with Crippen molar-refractivity contribution in [1.29, 1.82) is 0 Å². The summed E-state index contributed by atoms with van der Waals surface area (Å²) in [6, 6.07) is 2.53. The molecule has 2 aliphatic heterocycles. The number of piperidine rings is 1. The molecule has 1 aromatic carbocycles. The minimum absolute atomic E-state index is 0.0615. The zero-order valence-corrected chi connectivity index (χ0v) is 16.1. The number of anilines is 1. The van der Waals surface area contributed by atoms with Gasteiger partial charge in [0.2, 0.25) is 5.91 Å². The molecule has 0 radical (unpaired) electrons. The molecule has 1 atom stereocenters. The highest BCUT2D eigenvalue weighted by atomic mass is 19.1. The SMILES string of the molecule is COC(=O)[C@@H]1COC(=O)N1C1CCN(C(=O)c2cc(F)ccc2NC(C)=O)CC1. The van der Waals surface area contributed by atoms with Crippen molar-refractivity contribution in [2.75, 3.05) is 32.1 Å². The monoisotopic (exact) mass is 407 g/mol. The summed E-state index contributed by atoms with van der Waals surface area (Å²) < 4.78 is 23.4. The number of hydrogen-bond donors (Lipinski definition) is 1. The molecule has 1 aromatic rings. The molecule has 0 spiro atoms. The molecule has 0 saturated carbocycles. The van der Waals surface area contributed by atoms with Crippen molar-refractivity contribution in [1.82, 2.24) is 9.80 Å². The number of nitrogens with zero attached hydrogens (tertiary/aromatic N) is 2. The van der Waals surface area contributed by atoms with E-state index in [0.29, 0.717) is 25.9 Å². The maximum Gasteiger partial charge on any atom is 0.410 e. The van der Waals surface area contributed by atoms with Crippen LogP contribution in [-0.4, -0.2) is 72.6 Å². The third kappa shape index (κ3) is 4.30. The molecule has 2 fully saturated rings. The molecule has 0 aliphatic carbocycles. The Balaban J connectivity index is 1.70. The lowest BCUT2D eigenvalue weighted by atomic mass is 10.0. The summed E-state index contributed by atoms with van der Waals surface area (Å²) in [4.78, 5) is 51.1. The molecule has 9 nitrogen and oxygen atoms in total. The second-order valence-corrected chi connectivity index (χ2v) is 6.92. The number of halogens is 1. The van der Waals surface area contributed by atoms with Gasteiger partial charge < -0.3 is 19.7 Å². The predicted molar refractivity (Wildman–Crippen MR) is 98.6 cm³/mol. The first kappa shape index (κ1) is 20.6. The van der Waals surface area contributed by atoms with E-state index in [-0.39, 0.29) is 29.8 Å². The normalized spacial score (nSPS) is 19.7. The zero-order valence-electron chi connectivity index (χ0n) is 16.1. The Bertz CT molecular complexity index is 837. The van der Waals surface area contributed by atoms with Gasteiger partial charge in [-0.1, -0.05) is 0 Å². The van der Waals surface area contributed by atoms with Gasteiger partial charge in [-0.3, -0.25) is 14.5 Å². The van der Waals surface area contributed by atoms with Crippen LogP contribution >= 0.6 is 0 Å². The van der Waals surface area contributed by atoms with Gasteiger partial charge in [0.25, 0.3) is 5.91 Å². The van der Waals surface area contributed by atoms with Crippen molar-refractivity contribution in [3.05, 3.63) is 29.6 Å². The van der Waals surface area contributed by atoms with Crippen LogP contribution in [0, 0.1) is 5.82 Å². The van der Waals surface area contributed by atoms with Gasteiger partial charge in [-0.25, -0.2) is 14.0 Å². The Labute approximate surface area is 166 Å². The number of carbonyl (C=O) groups excluding carboxylic acids is 4. The molecule has 2 saturated heterocycles. The number of cyclic esters (lactones) is 1. The van der Waals surface area contributed by atoms with E-state index in [9.17, 15) is 23.6 Å². The van der Waals surface area contributed by atoms with Crippen LogP contribution in [0.2, 0.25) is 0 Å². The Morgan fingerprint density at radius 2 is 1.93 bits per heavy atom. The number of carbonyl (C=O) groups is 4. The molecule has 10 heteroatoms. The summed E-state index contributed by atoms with van der Waals surface area (Å²) in [5, 5.41) is 2.53. The number of methoxy groups -OCH3 is 1. The summed E-state index contributed by atoms with van der Waals surface area (Å²) in [5.74, 6) is -1.92. The van der Waals surface area contributed by atoms with Crippen LogP contribution in [0.5, 0.6) is 0 Å². The molecule has 29 heavy (non-hydrogen) atoms. The van der Waals surface area contributed by atoms with Crippen molar-refractivity contribution in [3.8, 4) is 0 Å². The minimum atomic E-state index is -0.797. The standard InChI is InChI=1S/C19H22FN3O6/c1-11(24)21-15-4-3-12(20)9-14(15)17(25)22-7-5-13(6-8-22)23-16(18(26)28-2)10-29-19(23)27/h3-4,9,13,16H,5-8,10H2,1-2H3,(H,21,24)/t16-/m0/s1. The average molecular weight is 407 g/mol. The van der Waals surface area contributed by atoms with E-state index in [0.717, 1.165) is 6.07 Å². The first-order chi connectivity index (χ1) is 13.8. The molecular formula is C19H22FN3O6. The fourth-order valence-corrected chi connectivity index (χ4v) is 3.66. The van der Waals surface area contributed by atoms with Gasteiger partial charge in [-0.2, -0.15) is 0 Å². The van der Waals surface area contributed by atoms with Crippen molar-refractivity contribution < 1.29 is 33.0 Å². The van der Waals surface area contributed by atoms with Gasteiger partial charge >= 0.3 is 12.1 Å². The topological polar surface area (TPSA) is 105 Å². The zero-order chi connectivity index (χ0) is 21.1. The van der Waals surface area contributed by atoms with Crippen molar-refractivity contribution in [2.24, 2.45) is 0 Å². The number of ether oxygens (including phenoxy) is 2. The predicted octanol–water partition coefficient (Wildman–Crippen LogP) is 1.38. The molecular weight excluding hydrogens is 385 g/mol. The van der Waals surface area contributed by atoms with E-state index in [2.05, 4.69) is 5.32 Å². The van der Waals surface area contributed by atoms with Gasteiger partial charge in [0.05, 0.1) is 18.4 Å². The fraction of sp³-hybridized carbons (Fsp3) is 0.474. The number of rotatable bonds is 4. The Hall–Kier alpha value is -3.17. The van der Waals surface area contributed by atoms with Crippen LogP contribution < -0.4 is 5.32 Å². The molecule has 2 heterocycles. The lowest BCUT2D eigenvalue weighted by molar-refractivity contribution is -0.146. The lowest BCUT2D eigenvalue weighted by Crippen LogP contribution is -2.52. The van der Waals surface area contributed by atoms with Gasteiger partial charge in [-0.05, 0) is 31.0 Å². The third-order valence-electron chi connectivity index (χ3n) is 5.05. The van der Waals surface area contributed by atoms with Crippen LogP contribution in [0.4, 0.5) is 14.9 Å². The summed E-state index contributed by atoms with van der Waals surface area (Å²) >= 11 is 0. The molecule has 0 bridgehead atoms. The summed E-state index contributed by atoms with van der Waals surface area (Å²) in [5.41, 5.74) is 0.298. The van der Waals surface area contributed by atoms with Crippen LogP contribution in [0.15, 0.2) is 18.2 Å². The first-order valence-corrected chi connectivity index (χ1v) is 9.21. The van der Waals surface area contributed by atoms with E-state index in [4.69, 9.17) is 9.47 Å². The second-order valence-electron chi connectivity index (χ2n) is 6.92. The molecule has 2 aliphatic rings. The number of likely N-dealkylation sites (tertiary alicyclic amines) is 1. The molecule has 3 rings (SSSR count). The summed E-state index contributed by atoms with van der Waals surface area (Å²) in [6.07, 6.45) is 0.279. The van der Waals surface area contributed by atoms with Gasteiger partial charge in [0.15, 0.2) is 6.04 Å². The minimum Gasteiger partial charge on any atom is -0.467 e. The lowest BCUT2D eigenvalue weighted by Gasteiger charge is -2.37. The van der Waals surface area contributed by atoms with E-state index in [1.54, 1.807) is 0 Å². The van der Waals surface area contributed by atoms with Crippen LogP contribution in [0.1, 0.15) is 30.1 Å². The highest BCUT2D eigenvalue weighted by Gasteiger charge is 2.44. The Morgan fingerprint density at radius 1 is 1.24 bits per heavy atom. The maximum atomic E-state index is 13.7. The summed E-state index contributed by atoms with van der Waals surface area (Å²) in [7, 11) is 1.25. The van der Waals surface area contributed by atoms with Crippen molar-refractivity contribution in [2.45, 2.75) is 31.8 Å². The molecule has 0 unspecified atom stereocenters. The van der Waals surface area contributed by atoms with Crippen molar-refractivity contribution >= 4 is 29.6 Å². The van der Waals surface area contributed by atoms with Gasteiger partial charge in [-0.15, -0.1) is 0 Å². The number of amides is 3. The highest BCUT2D eigenvalue weighted by Crippen LogP contribution is 2.27. The van der Waals surface area contributed by atoms with Crippen LogP contribution in [0.25, 0.3) is 0 Å². The third-order valence-corrected chi connectivity index (χ3v) is 5.05. The average Bonchev–Trinajstić information content (AvgIpc) is 3.09. The highest BCUT2D eigenvalue weighted by molar-refractivity contribution is 6.03.